The molecule has 2 N–H and O–H groups in total. The van der Waals surface area contributed by atoms with Gasteiger partial charge in [0, 0.05) is 19.6 Å². The van der Waals surface area contributed by atoms with Gasteiger partial charge in [0.05, 0.1) is 0 Å². The van der Waals surface area contributed by atoms with E-state index < -0.39 is 0 Å². The van der Waals surface area contributed by atoms with Crippen LogP contribution in [0.1, 0.15) is 27.7 Å². The summed E-state index contributed by atoms with van der Waals surface area (Å²) in [5.74, 6) is 2.80. The Morgan fingerprint density at radius 1 is 1.36 bits per heavy atom. The molecule has 14 heavy (non-hydrogen) atoms. The molecule has 0 spiro atoms. The minimum atomic E-state index is 0.589. The summed E-state index contributed by atoms with van der Waals surface area (Å²) < 4.78 is 0. The number of nitrogens with two attached hydrogens (primary N) is 1. The molecule has 1 fully saturated rings. The molecule has 1 saturated heterocycles. The van der Waals surface area contributed by atoms with Crippen LogP contribution in [-0.4, -0.2) is 30.5 Å². The molecule has 2 unspecified atom stereocenters. The Hall–Kier alpha value is -0.730. The monoisotopic (exact) mass is 197 g/mol. The summed E-state index contributed by atoms with van der Waals surface area (Å²) in [6, 6.07) is 0. The molecular formula is C11H23N3. The first-order valence-corrected chi connectivity index (χ1v) is 5.55. The molecule has 0 saturated carbocycles. The van der Waals surface area contributed by atoms with Gasteiger partial charge in [-0.3, -0.25) is 4.99 Å². The molecule has 0 bridgehead atoms. The first-order valence-electron chi connectivity index (χ1n) is 5.55. The summed E-state index contributed by atoms with van der Waals surface area (Å²) in [5, 5.41) is 0. The van der Waals surface area contributed by atoms with Gasteiger partial charge in [0.25, 0.3) is 0 Å². The highest BCUT2D eigenvalue weighted by atomic mass is 15.3. The zero-order valence-corrected chi connectivity index (χ0v) is 9.83. The number of hydrogen-bond donors (Lipinski definition) is 1. The Balaban J connectivity index is 2.46. The fraction of sp³-hybridized carbons (Fsp3) is 0.909. The molecule has 2 atom stereocenters. The third-order valence-electron chi connectivity index (χ3n) is 2.93. The van der Waals surface area contributed by atoms with Crippen molar-refractivity contribution >= 4 is 5.96 Å². The van der Waals surface area contributed by atoms with Crippen LogP contribution in [0.4, 0.5) is 0 Å². The standard InChI is InChI=1S/C11H23N3/c1-8(2)5-13-11(12)14-6-9(3)10(4)7-14/h8-10H,5-7H2,1-4H3,(H2,12,13). The van der Waals surface area contributed by atoms with E-state index in [1.165, 1.54) is 0 Å². The second-order valence-electron chi connectivity index (χ2n) is 4.95. The number of nitrogens with zero attached hydrogens (tertiary/aromatic N) is 2. The molecule has 0 radical (unpaired) electrons. The summed E-state index contributed by atoms with van der Waals surface area (Å²) in [7, 11) is 0. The number of likely N-dealkylation sites (tertiary alicyclic amines) is 1. The van der Waals surface area contributed by atoms with Crippen molar-refractivity contribution in [2.75, 3.05) is 19.6 Å². The van der Waals surface area contributed by atoms with E-state index in [2.05, 4.69) is 37.6 Å². The fourth-order valence-electron chi connectivity index (χ4n) is 1.69. The lowest BCUT2D eigenvalue weighted by Crippen LogP contribution is -2.36. The average Bonchev–Trinajstić information content (AvgIpc) is 2.43. The third-order valence-corrected chi connectivity index (χ3v) is 2.93. The van der Waals surface area contributed by atoms with Crippen LogP contribution in [0.3, 0.4) is 0 Å². The van der Waals surface area contributed by atoms with Gasteiger partial charge in [-0.15, -0.1) is 0 Å². The molecule has 3 nitrogen and oxygen atoms in total. The molecule has 1 heterocycles. The molecular weight excluding hydrogens is 174 g/mol. The molecule has 1 aliphatic heterocycles. The lowest BCUT2D eigenvalue weighted by Gasteiger charge is -2.17. The number of guanidine groups is 1. The summed E-state index contributed by atoms with van der Waals surface area (Å²) in [6.07, 6.45) is 0. The highest BCUT2D eigenvalue weighted by Crippen LogP contribution is 2.21. The van der Waals surface area contributed by atoms with E-state index in [4.69, 9.17) is 5.73 Å². The SMILES string of the molecule is CC(C)CN=C(N)N1CC(C)C(C)C1. The highest BCUT2D eigenvalue weighted by Gasteiger charge is 2.26. The van der Waals surface area contributed by atoms with Gasteiger partial charge < -0.3 is 10.6 Å². The van der Waals surface area contributed by atoms with Gasteiger partial charge in [0.1, 0.15) is 0 Å². The van der Waals surface area contributed by atoms with Gasteiger partial charge in [0.2, 0.25) is 0 Å². The second kappa shape index (κ2) is 4.67. The maximum absolute atomic E-state index is 5.93. The van der Waals surface area contributed by atoms with Crippen LogP contribution >= 0.6 is 0 Å². The maximum atomic E-state index is 5.93. The Labute approximate surface area is 87.4 Å². The topological polar surface area (TPSA) is 41.6 Å². The lowest BCUT2D eigenvalue weighted by molar-refractivity contribution is 0.483. The van der Waals surface area contributed by atoms with Crippen molar-refractivity contribution in [3.63, 3.8) is 0 Å². The lowest BCUT2D eigenvalue weighted by atomic mass is 10.0. The van der Waals surface area contributed by atoms with Crippen LogP contribution in [0.2, 0.25) is 0 Å². The molecule has 0 aromatic rings. The predicted molar refractivity (Wildman–Crippen MR) is 61.2 cm³/mol. The van der Waals surface area contributed by atoms with Crippen LogP contribution in [0, 0.1) is 17.8 Å². The summed E-state index contributed by atoms with van der Waals surface area (Å²) in [6.45, 7) is 11.8. The molecule has 0 aromatic heterocycles. The number of hydrogen-bond acceptors (Lipinski definition) is 1. The van der Waals surface area contributed by atoms with Crippen molar-refractivity contribution in [2.45, 2.75) is 27.7 Å². The van der Waals surface area contributed by atoms with Gasteiger partial charge in [-0.2, -0.15) is 0 Å². The predicted octanol–water partition coefficient (Wildman–Crippen LogP) is 1.54. The van der Waals surface area contributed by atoms with E-state index in [-0.39, 0.29) is 0 Å². The van der Waals surface area contributed by atoms with Gasteiger partial charge in [0.15, 0.2) is 5.96 Å². The van der Waals surface area contributed by atoms with E-state index in [1.807, 2.05) is 0 Å². The normalized spacial score (nSPS) is 28.9. The van der Waals surface area contributed by atoms with Crippen LogP contribution in [0.5, 0.6) is 0 Å². The molecule has 0 amide bonds. The van der Waals surface area contributed by atoms with E-state index in [0.29, 0.717) is 5.92 Å². The zero-order chi connectivity index (χ0) is 10.7. The Morgan fingerprint density at radius 3 is 2.29 bits per heavy atom. The summed E-state index contributed by atoms with van der Waals surface area (Å²) in [5.41, 5.74) is 5.93. The minimum Gasteiger partial charge on any atom is -0.370 e. The molecule has 0 aliphatic carbocycles. The molecule has 0 aromatic carbocycles. The Bertz CT molecular complexity index is 201. The highest BCUT2D eigenvalue weighted by molar-refractivity contribution is 5.78. The quantitative estimate of drug-likeness (QED) is 0.539. The Morgan fingerprint density at radius 2 is 1.86 bits per heavy atom. The van der Waals surface area contributed by atoms with Crippen molar-refractivity contribution in [1.82, 2.24) is 4.90 Å². The third kappa shape index (κ3) is 2.89. The maximum Gasteiger partial charge on any atom is 0.191 e. The first-order chi connectivity index (χ1) is 6.50. The summed E-state index contributed by atoms with van der Waals surface area (Å²) in [4.78, 5) is 6.60. The molecule has 3 heteroatoms. The van der Waals surface area contributed by atoms with Crippen LogP contribution in [-0.2, 0) is 0 Å². The molecule has 1 rings (SSSR count). The van der Waals surface area contributed by atoms with Crippen molar-refractivity contribution in [2.24, 2.45) is 28.5 Å². The van der Waals surface area contributed by atoms with Crippen molar-refractivity contribution < 1.29 is 0 Å². The van der Waals surface area contributed by atoms with E-state index >= 15 is 0 Å². The van der Waals surface area contributed by atoms with Crippen molar-refractivity contribution in [3.05, 3.63) is 0 Å². The van der Waals surface area contributed by atoms with E-state index in [9.17, 15) is 0 Å². The van der Waals surface area contributed by atoms with E-state index in [0.717, 1.165) is 37.4 Å². The zero-order valence-electron chi connectivity index (χ0n) is 9.83. The van der Waals surface area contributed by atoms with Crippen LogP contribution < -0.4 is 5.73 Å². The second-order valence-corrected chi connectivity index (χ2v) is 4.95. The van der Waals surface area contributed by atoms with Gasteiger partial charge in [-0.25, -0.2) is 0 Å². The minimum absolute atomic E-state index is 0.589. The first kappa shape index (κ1) is 11.3. The molecule has 82 valence electrons. The van der Waals surface area contributed by atoms with Gasteiger partial charge in [-0.1, -0.05) is 27.7 Å². The van der Waals surface area contributed by atoms with Crippen LogP contribution in [0.15, 0.2) is 4.99 Å². The van der Waals surface area contributed by atoms with E-state index in [1.54, 1.807) is 0 Å². The average molecular weight is 197 g/mol. The van der Waals surface area contributed by atoms with Gasteiger partial charge >= 0.3 is 0 Å². The number of rotatable bonds is 2. The van der Waals surface area contributed by atoms with Crippen LogP contribution in [0.25, 0.3) is 0 Å². The fourth-order valence-corrected chi connectivity index (χ4v) is 1.69. The smallest absolute Gasteiger partial charge is 0.191 e. The van der Waals surface area contributed by atoms with Crippen molar-refractivity contribution in [1.29, 1.82) is 0 Å². The summed E-state index contributed by atoms with van der Waals surface area (Å²) >= 11 is 0. The largest absolute Gasteiger partial charge is 0.370 e. The Kier molecular flexibility index (Phi) is 3.78. The van der Waals surface area contributed by atoms with Crippen molar-refractivity contribution in [3.8, 4) is 0 Å². The van der Waals surface area contributed by atoms with Gasteiger partial charge in [-0.05, 0) is 17.8 Å². The number of aliphatic imine (C=N–C) groups is 1. The molecule has 1 aliphatic rings.